The van der Waals surface area contributed by atoms with Gasteiger partial charge in [0.1, 0.15) is 5.75 Å². The third-order valence-electron chi connectivity index (χ3n) is 2.03. The number of hydrogen-bond acceptors (Lipinski definition) is 4. The summed E-state index contributed by atoms with van der Waals surface area (Å²) in [6.07, 6.45) is 1.11. The Morgan fingerprint density at radius 1 is 1.20 bits per heavy atom. The summed E-state index contributed by atoms with van der Waals surface area (Å²) in [5.41, 5.74) is 0.552. The number of benzene rings is 1. The van der Waals surface area contributed by atoms with Gasteiger partial charge in [-0.15, -0.1) is 0 Å². The van der Waals surface area contributed by atoms with Crippen molar-refractivity contribution in [2.75, 3.05) is 6.26 Å². The molecule has 0 aliphatic carbocycles. The lowest BCUT2D eigenvalue weighted by atomic mass is 10.2. The predicted molar refractivity (Wildman–Crippen MR) is 56.5 cm³/mol. The van der Waals surface area contributed by atoms with E-state index in [9.17, 15) is 13.5 Å². The van der Waals surface area contributed by atoms with Crippen molar-refractivity contribution in [3.63, 3.8) is 0 Å². The van der Waals surface area contributed by atoms with Crippen LogP contribution < -0.4 is 0 Å². The van der Waals surface area contributed by atoms with Crippen molar-refractivity contribution >= 4 is 20.7 Å². The molecule has 0 bridgehead atoms. The summed E-state index contributed by atoms with van der Waals surface area (Å²) < 4.78 is 22.5. The molecule has 0 spiro atoms. The Labute approximate surface area is 87.1 Å². The molecular weight excluding hydrogens is 214 g/mol. The quantitative estimate of drug-likeness (QED) is 0.792. The van der Waals surface area contributed by atoms with Crippen molar-refractivity contribution < 1.29 is 13.5 Å². The fourth-order valence-electron chi connectivity index (χ4n) is 1.30. The van der Waals surface area contributed by atoms with Gasteiger partial charge in [-0.2, -0.15) is 0 Å². The second kappa shape index (κ2) is 3.20. The Kier molecular flexibility index (Phi) is 2.12. The molecule has 15 heavy (non-hydrogen) atoms. The predicted octanol–water partition coefficient (Wildman–Crippen LogP) is 1.34. The second-order valence-electron chi connectivity index (χ2n) is 3.30. The zero-order valence-corrected chi connectivity index (χ0v) is 8.82. The summed E-state index contributed by atoms with van der Waals surface area (Å²) in [6.45, 7) is 0. The first-order valence-electron chi connectivity index (χ1n) is 4.27. The molecule has 78 valence electrons. The molecule has 1 aromatic heterocycles. The maximum absolute atomic E-state index is 11.2. The van der Waals surface area contributed by atoms with E-state index < -0.39 is 9.84 Å². The molecule has 1 heterocycles. The van der Waals surface area contributed by atoms with Crippen LogP contribution in [0.25, 0.3) is 10.9 Å². The number of nitrogens with zero attached hydrogens (tertiary/aromatic N) is 1. The molecule has 0 atom stereocenters. The van der Waals surface area contributed by atoms with Crippen LogP contribution >= 0.6 is 0 Å². The highest BCUT2D eigenvalue weighted by Crippen LogP contribution is 2.19. The molecular formula is C10H9NO3S. The molecule has 0 saturated carbocycles. The smallest absolute Gasteiger partial charge is 0.192 e. The van der Waals surface area contributed by atoms with E-state index in [1.54, 1.807) is 12.1 Å². The number of sulfone groups is 1. The van der Waals surface area contributed by atoms with E-state index in [1.807, 2.05) is 0 Å². The van der Waals surface area contributed by atoms with Crippen molar-refractivity contribution in [1.29, 1.82) is 0 Å². The molecule has 0 aliphatic rings. The molecule has 0 unspecified atom stereocenters. The standard InChI is InChI=1S/C10H9NO3S/c1-15(13,14)10-5-2-7-6-8(12)3-4-9(7)11-10/h2-6,12H,1H3. The summed E-state index contributed by atoms with van der Waals surface area (Å²) in [5, 5.41) is 9.97. The molecule has 0 radical (unpaired) electrons. The fraction of sp³-hybridized carbons (Fsp3) is 0.100. The van der Waals surface area contributed by atoms with Crippen LogP contribution in [0, 0.1) is 0 Å². The number of aromatic hydroxyl groups is 1. The van der Waals surface area contributed by atoms with Crippen molar-refractivity contribution in [3.05, 3.63) is 30.3 Å². The van der Waals surface area contributed by atoms with Crippen LogP contribution in [-0.2, 0) is 9.84 Å². The van der Waals surface area contributed by atoms with E-state index in [0.29, 0.717) is 10.9 Å². The van der Waals surface area contributed by atoms with E-state index >= 15 is 0 Å². The van der Waals surface area contributed by atoms with E-state index in [2.05, 4.69) is 4.98 Å². The van der Waals surface area contributed by atoms with E-state index in [-0.39, 0.29) is 10.8 Å². The van der Waals surface area contributed by atoms with Crippen molar-refractivity contribution in [3.8, 4) is 5.75 Å². The Morgan fingerprint density at radius 3 is 2.60 bits per heavy atom. The summed E-state index contributed by atoms with van der Waals surface area (Å²) in [5.74, 6) is 0.136. The molecule has 2 aromatic rings. The Morgan fingerprint density at radius 2 is 1.93 bits per heavy atom. The molecule has 0 amide bonds. The molecule has 0 saturated heterocycles. The molecule has 0 aliphatic heterocycles. The SMILES string of the molecule is CS(=O)(=O)c1ccc2cc(O)ccc2n1. The number of aromatic nitrogens is 1. The Bertz CT molecular complexity index is 620. The van der Waals surface area contributed by atoms with Gasteiger partial charge < -0.3 is 5.11 Å². The number of hydrogen-bond donors (Lipinski definition) is 1. The van der Waals surface area contributed by atoms with Crippen LogP contribution in [0.2, 0.25) is 0 Å². The van der Waals surface area contributed by atoms with E-state index in [4.69, 9.17) is 0 Å². The zero-order valence-electron chi connectivity index (χ0n) is 8.01. The zero-order chi connectivity index (χ0) is 11.1. The topological polar surface area (TPSA) is 67.3 Å². The van der Waals surface area contributed by atoms with Crippen LogP contribution in [0.5, 0.6) is 5.75 Å². The third kappa shape index (κ3) is 1.92. The van der Waals surface area contributed by atoms with Gasteiger partial charge in [-0.05, 0) is 30.3 Å². The van der Waals surface area contributed by atoms with Crippen molar-refractivity contribution in [1.82, 2.24) is 4.98 Å². The lowest BCUT2D eigenvalue weighted by Crippen LogP contribution is -1.99. The maximum atomic E-state index is 11.2. The minimum absolute atomic E-state index is 0.0423. The van der Waals surface area contributed by atoms with Gasteiger partial charge in [-0.25, -0.2) is 13.4 Å². The average Bonchev–Trinajstić information content (AvgIpc) is 2.15. The lowest BCUT2D eigenvalue weighted by Gasteiger charge is -2.01. The van der Waals surface area contributed by atoms with E-state index in [1.165, 1.54) is 18.2 Å². The highest BCUT2D eigenvalue weighted by molar-refractivity contribution is 7.90. The van der Waals surface area contributed by atoms with Gasteiger partial charge in [0.15, 0.2) is 14.9 Å². The highest BCUT2D eigenvalue weighted by Gasteiger charge is 2.09. The van der Waals surface area contributed by atoms with Crippen molar-refractivity contribution in [2.24, 2.45) is 0 Å². The fourth-order valence-corrected chi connectivity index (χ4v) is 1.88. The summed E-state index contributed by atoms with van der Waals surface area (Å²) in [6, 6.07) is 7.64. The first kappa shape index (κ1) is 9.92. The van der Waals surface area contributed by atoms with Crippen LogP contribution in [0.4, 0.5) is 0 Å². The molecule has 5 heteroatoms. The summed E-state index contributed by atoms with van der Waals surface area (Å²) in [7, 11) is -3.28. The molecule has 0 fully saturated rings. The average molecular weight is 223 g/mol. The maximum Gasteiger partial charge on any atom is 0.192 e. The number of rotatable bonds is 1. The minimum Gasteiger partial charge on any atom is -0.508 e. The molecule has 2 rings (SSSR count). The van der Waals surface area contributed by atoms with E-state index in [0.717, 1.165) is 6.26 Å². The van der Waals surface area contributed by atoms with Gasteiger partial charge >= 0.3 is 0 Å². The molecule has 4 nitrogen and oxygen atoms in total. The Hall–Kier alpha value is -1.62. The van der Waals surface area contributed by atoms with Crippen molar-refractivity contribution in [2.45, 2.75) is 5.03 Å². The van der Waals surface area contributed by atoms with Gasteiger partial charge in [0.2, 0.25) is 0 Å². The summed E-state index contributed by atoms with van der Waals surface area (Å²) in [4.78, 5) is 3.99. The molecule has 1 N–H and O–H groups in total. The first-order chi connectivity index (χ1) is 6.97. The van der Waals surface area contributed by atoms with Gasteiger partial charge in [0.25, 0.3) is 0 Å². The van der Waals surface area contributed by atoms with Crippen LogP contribution in [0.3, 0.4) is 0 Å². The van der Waals surface area contributed by atoms with Gasteiger partial charge in [0, 0.05) is 11.6 Å². The normalized spacial score (nSPS) is 11.8. The highest BCUT2D eigenvalue weighted by atomic mass is 32.2. The second-order valence-corrected chi connectivity index (χ2v) is 5.26. The lowest BCUT2D eigenvalue weighted by molar-refractivity contribution is 0.476. The minimum atomic E-state index is -3.28. The monoisotopic (exact) mass is 223 g/mol. The van der Waals surface area contributed by atoms with Gasteiger partial charge in [-0.3, -0.25) is 0 Å². The number of phenolic OH excluding ortho intramolecular Hbond substituents is 1. The molecule has 1 aromatic carbocycles. The number of pyridine rings is 1. The Balaban J connectivity index is 2.73. The van der Waals surface area contributed by atoms with Gasteiger partial charge in [0.05, 0.1) is 5.52 Å². The largest absolute Gasteiger partial charge is 0.508 e. The van der Waals surface area contributed by atoms with Gasteiger partial charge in [-0.1, -0.05) is 0 Å². The number of phenols is 1. The summed E-state index contributed by atoms with van der Waals surface area (Å²) >= 11 is 0. The van der Waals surface area contributed by atoms with Crippen LogP contribution in [0.15, 0.2) is 35.4 Å². The van der Waals surface area contributed by atoms with Crippen LogP contribution in [-0.4, -0.2) is 24.8 Å². The first-order valence-corrected chi connectivity index (χ1v) is 6.16. The number of fused-ring (bicyclic) bond motifs is 1. The van der Waals surface area contributed by atoms with Crippen LogP contribution in [0.1, 0.15) is 0 Å². The third-order valence-corrected chi connectivity index (χ3v) is 3.01.